The highest BCUT2D eigenvalue weighted by Gasteiger charge is 2.24. The van der Waals surface area contributed by atoms with Crippen molar-refractivity contribution in [2.45, 2.75) is 50.2 Å². The predicted molar refractivity (Wildman–Crippen MR) is 65.4 cm³/mol. The van der Waals surface area contributed by atoms with Gasteiger partial charge in [-0.3, -0.25) is 0 Å². The Labute approximate surface area is 98.7 Å². The Bertz CT molecular complexity index is 294. The summed E-state index contributed by atoms with van der Waals surface area (Å²) in [6.45, 7) is 7.33. The summed E-state index contributed by atoms with van der Waals surface area (Å²) in [7, 11) is -2.98. The molecule has 0 aromatic heterocycles. The summed E-state index contributed by atoms with van der Waals surface area (Å²) in [4.78, 5) is 0. The molecule has 1 aliphatic heterocycles. The van der Waals surface area contributed by atoms with E-state index in [1.54, 1.807) is 20.8 Å². The lowest BCUT2D eigenvalue weighted by Gasteiger charge is -2.17. The van der Waals surface area contributed by atoms with Gasteiger partial charge in [0.1, 0.15) is 0 Å². The summed E-state index contributed by atoms with van der Waals surface area (Å²) in [5, 5.41) is 2.56. The molecule has 2 atom stereocenters. The summed E-state index contributed by atoms with van der Waals surface area (Å²) in [6, 6.07) is 0. The molecule has 0 aromatic rings. The molecule has 2 unspecified atom stereocenters. The Morgan fingerprint density at radius 1 is 1.38 bits per heavy atom. The van der Waals surface area contributed by atoms with Gasteiger partial charge >= 0.3 is 0 Å². The molecule has 0 radical (unpaired) electrons. The number of nitrogens with one attached hydrogen (secondary N) is 1. The number of rotatable bonds is 6. The molecule has 0 saturated carbocycles. The van der Waals surface area contributed by atoms with Crippen LogP contribution in [0.4, 0.5) is 0 Å². The van der Waals surface area contributed by atoms with Crippen LogP contribution < -0.4 is 5.32 Å². The van der Waals surface area contributed by atoms with Crippen molar-refractivity contribution in [2.75, 3.05) is 19.7 Å². The monoisotopic (exact) mass is 249 g/mol. The standard InChI is InChI=1S/C11H23NO3S/c1-9(2)16(13,14)10(3)7-12-8-11-5-4-6-15-11/h9-12H,4-8H2,1-3H3. The van der Waals surface area contributed by atoms with Gasteiger partial charge in [-0.25, -0.2) is 8.42 Å². The van der Waals surface area contributed by atoms with Crippen LogP contribution in [0.2, 0.25) is 0 Å². The van der Waals surface area contributed by atoms with Gasteiger partial charge in [-0.2, -0.15) is 0 Å². The zero-order chi connectivity index (χ0) is 12.2. The molecule has 1 N–H and O–H groups in total. The Morgan fingerprint density at radius 2 is 2.06 bits per heavy atom. The Balaban J connectivity index is 2.26. The molecular weight excluding hydrogens is 226 g/mol. The fourth-order valence-electron chi connectivity index (χ4n) is 1.83. The molecule has 0 bridgehead atoms. The maximum atomic E-state index is 11.8. The highest BCUT2D eigenvalue weighted by Crippen LogP contribution is 2.11. The molecule has 0 aliphatic carbocycles. The molecule has 1 rings (SSSR count). The quantitative estimate of drug-likeness (QED) is 0.762. The first-order valence-corrected chi connectivity index (χ1v) is 7.60. The maximum Gasteiger partial charge on any atom is 0.156 e. The highest BCUT2D eigenvalue weighted by molar-refractivity contribution is 7.92. The minimum absolute atomic E-state index is 0.272. The molecule has 5 heteroatoms. The Kier molecular flexibility index (Phi) is 5.21. The topological polar surface area (TPSA) is 55.4 Å². The van der Waals surface area contributed by atoms with Gasteiger partial charge in [-0.05, 0) is 33.6 Å². The van der Waals surface area contributed by atoms with Gasteiger partial charge in [0.15, 0.2) is 9.84 Å². The van der Waals surface area contributed by atoms with Crippen LogP contribution in [0.15, 0.2) is 0 Å². The molecule has 1 saturated heterocycles. The molecule has 0 amide bonds. The second kappa shape index (κ2) is 5.98. The predicted octanol–water partition coefficient (Wildman–Crippen LogP) is 0.967. The summed E-state index contributed by atoms with van der Waals surface area (Å²) < 4.78 is 29.0. The van der Waals surface area contributed by atoms with Gasteiger partial charge in [-0.15, -0.1) is 0 Å². The first-order valence-electron chi connectivity index (χ1n) is 5.99. The van der Waals surface area contributed by atoms with Crippen LogP contribution >= 0.6 is 0 Å². The van der Waals surface area contributed by atoms with E-state index in [1.807, 2.05) is 0 Å². The van der Waals surface area contributed by atoms with Crippen molar-refractivity contribution in [2.24, 2.45) is 0 Å². The minimum Gasteiger partial charge on any atom is -0.377 e. The van der Waals surface area contributed by atoms with Gasteiger partial charge < -0.3 is 10.1 Å². The molecule has 1 aliphatic rings. The zero-order valence-corrected chi connectivity index (χ0v) is 11.2. The van der Waals surface area contributed by atoms with E-state index in [0.29, 0.717) is 6.54 Å². The Morgan fingerprint density at radius 3 is 2.56 bits per heavy atom. The average Bonchev–Trinajstić information content (AvgIpc) is 2.70. The van der Waals surface area contributed by atoms with E-state index >= 15 is 0 Å². The zero-order valence-electron chi connectivity index (χ0n) is 10.4. The summed E-state index contributed by atoms with van der Waals surface area (Å²) in [5.74, 6) is 0. The van der Waals surface area contributed by atoms with E-state index in [9.17, 15) is 8.42 Å². The Hall–Kier alpha value is -0.130. The van der Waals surface area contributed by atoms with Crippen LogP contribution in [-0.4, -0.2) is 44.7 Å². The lowest BCUT2D eigenvalue weighted by Crippen LogP contribution is -2.38. The molecule has 96 valence electrons. The second-order valence-corrected chi connectivity index (χ2v) is 7.67. The maximum absolute atomic E-state index is 11.8. The van der Waals surface area contributed by atoms with Gasteiger partial charge in [0.25, 0.3) is 0 Å². The SMILES string of the molecule is CC(C)S(=O)(=O)C(C)CNCC1CCCO1. The molecule has 0 aromatic carbocycles. The van der Waals surface area contributed by atoms with Crippen molar-refractivity contribution in [3.63, 3.8) is 0 Å². The van der Waals surface area contributed by atoms with Crippen LogP contribution in [0.25, 0.3) is 0 Å². The van der Waals surface area contributed by atoms with Crippen LogP contribution in [-0.2, 0) is 14.6 Å². The lowest BCUT2D eigenvalue weighted by atomic mass is 10.2. The van der Waals surface area contributed by atoms with Crippen LogP contribution in [0.1, 0.15) is 33.6 Å². The average molecular weight is 249 g/mol. The molecule has 0 spiro atoms. The van der Waals surface area contributed by atoms with Crippen LogP contribution in [0.5, 0.6) is 0 Å². The minimum atomic E-state index is -2.98. The third kappa shape index (κ3) is 3.71. The van der Waals surface area contributed by atoms with Crippen molar-refractivity contribution in [3.8, 4) is 0 Å². The fourth-order valence-corrected chi connectivity index (χ4v) is 3.11. The molecule has 1 heterocycles. The van der Waals surface area contributed by atoms with Crippen molar-refractivity contribution in [1.82, 2.24) is 5.32 Å². The van der Waals surface area contributed by atoms with E-state index in [-0.39, 0.29) is 16.6 Å². The fraction of sp³-hybridized carbons (Fsp3) is 1.00. The van der Waals surface area contributed by atoms with Gasteiger partial charge in [-0.1, -0.05) is 0 Å². The molecule has 1 fully saturated rings. The van der Waals surface area contributed by atoms with E-state index in [4.69, 9.17) is 4.74 Å². The number of hydrogen-bond donors (Lipinski definition) is 1. The number of hydrogen-bond acceptors (Lipinski definition) is 4. The smallest absolute Gasteiger partial charge is 0.156 e. The summed E-state index contributed by atoms with van der Waals surface area (Å²) in [6.07, 6.45) is 2.47. The van der Waals surface area contributed by atoms with Crippen LogP contribution in [0, 0.1) is 0 Å². The van der Waals surface area contributed by atoms with E-state index in [1.165, 1.54) is 0 Å². The molecule has 4 nitrogen and oxygen atoms in total. The van der Waals surface area contributed by atoms with Crippen LogP contribution in [0.3, 0.4) is 0 Å². The summed E-state index contributed by atoms with van der Waals surface area (Å²) >= 11 is 0. The third-order valence-electron chi connectivity index (χ3n) is 3.05. The first-order chi connectivity index (χ1) is 7.44. The van der Waals surface area contributed by atoms with Crippen molar-refractivity contribution in [1.29, 1.82) is 0 Å². The highest BCUT2D eigenvalue weighted by atomic mass is 32.2. The number of ether oxygens (including phenoxy) is 1. The lowest BCUT2D eigenvalue weighted by molar-refractivity contribution is 0.110. The van der Waals surface area contributed by atoms with Gasteiger partial charge in [0, 0.05) is 19.7 Å². The first kappa shape index (κ1) is 13.9. The van der Waals surface area contributed by atoms with Crippen molar-refractivity contribution < 1.29 is 13.2 Å². The largest absolute Gasteiger partial charge is 0.377 e. The van der Waals surface area contributed by atoms with E-state index < -0.39 is 9.84 Å². The van der Waals surface area contributed by atoms with E-state index in [2.05, 4.69) is 5.32 Å². The summed E-state index contributed by atoms with van der Waals surface area (Å²) in [5.41, 5.74) is 0. The third-order valence-corrected chi connectivity index (χ3v) is 5.65. The van der Waals surface area contributed by atoms with Gasteiger partial charge in [0.2, 0.25) is 0 Å². The van der Waals surface area contributed by atoms with Gasteiger partial charge in [0.05, 0.1) is 16.6 Å². The van der Waals surface area contributed by atoms with Crippen molar-refractivity contribution in [3.05, 3.63) is 0 Å². The van der Waals surface area contributed by atoms with Crippen molar-refractivity contribution >= 4 is 9.84 Å². The molecular formula is C11H23NO3S. The normalized spacial score (nSPS) is 23.9. The number of sulfone groups is 1. The second-order valence-electron chi connectivity index (χ2n) is 4.74. The molecule has 16 heavy (non-hydrogen) atoms. The van der Waals surface area contributed by atoms with E-state index in [0.717, 1.165) is 26.0 Å².